The zero-order chi connectivity index (χ0) is 23.2. The van der Waals surface area contributed by atoms with Crippen LogP contribution in [-0.4, -0.2) is 44.1 Å². The molecule has 1 atom stereocenters. The molecule has 1 aromatic carbocycles. The molecule has 9 heteroatoms. The second-order valence-corrected chi connectivity index (χ2v) is 8.45. The fourth-order valence-electron chi connectivity index (χ4n) is 4.27. The number of benzene rings is 1. The molecule has 1 aliphatic carbocycles. The van der Waals surface area contributed by atoms with E-state index < -0.39 is 6.04 Å². The highest BCUT2D eigenvalue weighted by atomic mass is 16.3. The van der Waals surface area contributed by atoms with Gasteiger partial charge in [-0.3, -0.25) is 14.5 Å². The van der Waals surface area contributed by atoms with Gasteiger partial charge in [0.05, 0.1) is 0 Å². The third kappa shape index (κ3) is 5.47. The molecule has 0 spiro atoms. The van der Waals surface area contributed by atoms with Crippen molar-refractivity contribution in [2.24, 2.45) is 0 Å². The number of rotatable bonds is 9. The minimum atomic E-state index is -0.610. The van der Waals surface area contributed by atoms with Crippen LogP contribution in [0, 0.1) is 6.92 Å². The van der Waals surface area contributed by atoms with Crippen LogP contribution >= 0.6 is 0 Å². The number of tetrazole rings is 1. The summed E-state index contributed by atoms with van der Waals surface area (Å²) in [5.41, 5.74) is 0.671. The van der Waals surface area contributed by atoms with Gasteiger partial charge in [0.2, 0.25) is 11.7 Å². The van der Waals surface area contributed by atoms with Crippen LogP contribution in [0.4, 0.5) is 5.69 Å². The van der Waals surface area contributed by atoms with Gasteiger partial charge in [0.15, 0.2) is 5.76 Å². The maximum atomic E-state index is 13.5. The van der Waals surface area contributed by atoms with E-state index in [-0.39, 0.29) is 24.4 Å². The lowest BCUT2D eigenvalue weighted by Gasteiger charge is -2.31. The molecule has 0 radical (unpaired) electrons. The number of carbonyl (C=O) groups excluding carboxylic acids is 2. The second-order valence-electron chi connectivity index (χ2n) is 8.45. The van der Waals surface area contributed by atoms with Crippen molar-refractivity contribution in [3.8, 4) is 11.6 Å². The minimum Gasteiger partial charge on any atom is -0.458 e. The molecule has 174 valence electrons. The summed E-state index contributed by atoms with van der Waals surface area (Å²) < 4.78 is 5.54. The molecule has 2 amide bonds. The van der Waals surface area contributed by atoms with Crippen molar-refractivity contribution in [3.63, 3.8) is 0 Å². The number of anilines is 1. The molecule has 3 aromatic rings. The zero-order valence-corrected chi connectivity index (χ0v) is 19.1. The Kier molecular flexibility index (Phi) is 7.16. The Bertz CT molecular complexity index is 1070. The highest BCUT2D eigenvalue weighted by Gasteiger charge is 2.32. The Labute approximate surface area is 193 Å². The first kappa shape index (κ1) is 22.7. The van der Waals surface area contributed by atoms with E-state index in [0.29, 0.717) is 23.7 Å². The molecule has 4 rings (SSSR count). The van der Waals surface area contributed by atoms with Crippen LogP contribution in [0.2, 0.25) is 0 Å². The fraction of sp³-hybridized carbons (Fsp3) is 0.458. The van der Waals surface area contributed by atoms with E-state index in [1.165, 1.54) is 4.80 Å². The standard InChI is InChI=1S/C24H30N6O3/c1-3-9-20(24(32)25-18-10-7-8-11-18)30(19-12-5-4-6-13-19)22(31)16-29-27-23(26-28-29)21-15-14-17(2)33-21/h4-6,12-15,18,20H,3,7-11,16H2,1-2H3,(H,25,32)/t20-/m0/s1. The van der Waals surface area contributed by atoms with Crippen LogP contribution in [0.25, 0.3) is 11.6 Å². The molecule has 33 heavy (non-hydrogen) atoms. The Hall–Kier alpha value is -3.49. The van der Waals surface area contributed by atoms with Crippen molar-refractivity contribution in [3.05, 3.63) is 48.2 Å². The molecule has 1 saturated carbocycles. The summed E-state index contributed by atoms with van der Waals surface area (Å²) in [6.07, 6.45) is 5.55. The van der Waals surface area contributed by atoms with Crippen LogP contribution in [-0.2, 0) is 16.1 Å². The summed E-state index contributed by atoms with van der Waals surface area (Å²) in [7, 11) is 0. The average Bonchev–Trinajstić information content (AvgIpc) is 3.57. The predicted octanol–water partition coefficient (Wildman–Crippen LogP) is 3.50. The molecular weight excluding hydrogens is 420 g/mol. The predicted molar refractivity (Wildman–Crippen MR) is 123 cm³/mol. The van der Waals surface area contributed by atoms with Gasteiger partial charge in [-0.25, -0.2) is 0 Å². The molecule has 0 unspecified atom stereocenters. The number of nitrogens with zero attached hydrogens (tertiary/aromatic N) is 5. The van der Waals surface area contributed by atoms with E-state index in [4.69, 9.17) is 4.42 Å². The highest BCUT2D eigenvalue weighted by Crippen LogP contribution is 2.23. The molecule has 2 heterocycles. The first-order valence-corrected chi connectivity index (χ1v) is 11.6. The van der Waals surface area contributed by atoms with E-state index in [9.17, 15) is 9.59 Å². The van der Waals surface area contributed by atoms with Crippen LogP contribution in [0.1, 0.15) is 51.2 Å². The number of amides is 2. The first-order valence-electron chi connectivity index (χ1n) is 11.6. The van der Waals surface area contributed by atoms with Crippen molar-refractivity contribution < 1.29 is 14.0 Å². The van der Waals surface area contributed by atoms with Gasteiger partial charge in [-0.2, -0.15) is 4.80 Å². The van der Waals surface area contributed by atoms with Gasteiger partial charge in [0.25, 0.3) is 5.91 Å². The number of nitrogens with one attached hydrogen (secondary N) is 1. The molecule has 1 aliphatic rings. The number of para-hydroxylation sites is 1. The average molecular weight is 451 g/mol. The van der Waals surface area contributed by atoms with Crippen molar-refractivity contribution in [2.45, 2.75) is 71.0 Å². The third-order valence-electron chi connectivity index (χ3n) is 5.87. The summed E-state index contributed by atoms with van der Waals surface area (Å²) in [5, 5.41) is 15.5. The van der Waals surface area contributed by atoms with Crippen LogP contribution in [0.15, 0.2) is 46.9 Å². The lowest BCUT2D eigenvalue weighted by molar-refractivity contribution is -0.127. The number of hydrogen-bond donors (Lipinski definition) is 1. The molecule has 9 nitrogen and oxygen atoms in total. The largest absolute Gasteiger partial charge is 0.458 e. The number of carbonyl (C=O) groups is 2. The van der Waals surface area contributed by atoms with Crippen LogP contribution in [0.5, 0.6) is 0 Å². The highest BCUT2D eigenvalue weighted by molar-refractivity contribution is 6.00. The van der Waals surface area contributed by atoms with Crippen LogP contribution < -0.4 is 10.2 Å². The topological polar surface area (TPSA) is 106 Å². The van der Waals surface area contributed by atoms with E-state index in [2.05, 4.69) is 20.7 Å². The molecule has 1 N–H and O–H groups in total. The Morgan fingerprint density at radius 1 is 1.18 bits per heavy atom. The quantitative estimate of drug-likeness (QED) is 0.535. The Morgan fingerprint density at radius 2 is 1.94 bits per heavy atom. The number of hydrogen-bond acceptors (Lipinski definition) is 6. The molecule has 1 fully saturated rings. The SMILES string of the molecule is CCC[C@@H](C(=O)NC1CCCC1)N(C(=O)Cn1nnc(-c2ccc(C)o2)n1)c1ccccc1. The summed E-state index contributed by atoms with van der Waals surface area (Å²) in [6, 6.07) is 12.4. The van der Waals surface area contributed by atoms with Gasteiger partial charge in [-0.15, -0.1) is 10.2 Å². The van der Waals surface area contributed by atoms with Crippen molar-refractivity contribution in [1.82, 2.24) is 25.5 Å². The number of aromatic nitrogens is 4. The number of furan rings is 1. The Balaban J connectivity index is 1.57. The minimum absolute atomic E-state index is 0.112. The first-order chi connectivity index (χ1) is 16.0. The molecule has 0 aliphatic heterocycles. The smallest absolute Gasteiger partial charge is 0.251 e. The molecule has 2 aromatic heterocycles. The zero-order valence-electron chi connectivity index (χ0n) is 19.1. The van der Waals surface area contributed by atoms with Gasteiger partial charge in [-0.1, -0.05) is 44.4 Å². The second kappa shape index (κ2) is 10.4. The summed E-state index contributed by atoms with van der Waals surface area (Å²) in [6.45, 7) is 3.71. The summed E-state index contributed by atoms with van der Waals surface area (Å²) in [5.74, 6) is 1.15. The maximum absolute atomic E-state index is 13.5. The van der Waals surface area contributed by atoms with Gasteiger partial charge in [0.1, 0.15) is 18.3 Å². The summed E-state index contributed by atoms with van der Waals surface area (Å²) in [4.78, 5) is 29.6. The van der Waals surface area contributed by atoms with E-state index in [1.807, 2.05) is 50.2 Å². The van der Waals surface area contributed by atoms with E-state index in [0.717, 1.165) is 37.9 Å². The lowest BCUT2D eigenvalue weighted by atomic mass is 10.1. The number of aryl methyl sites for hydroxylation is 1. The molecule has 0 saturated heterocycles. The van der Waals surface area contributed by atoms with Gasteiger partial charge >= 0.3 is 0 Å². The molecule has 0 bridgehead atoms. The third-order valence-corrected chi connectivity index (χ3v) is 5.87. The van der Waals surface area contributed by atoms with Crippen molar-refractivity contribution in [1.29, 1.82) is 0 Å². The molecular formula is C24H30N6O3. The van der Waals surface area contributed by atoms with Gasteiger partial charge in [0, 0.05) is 11.7 Å². The maximum Gasteiger partial charge on any atom is 0.251 e. The van der Waals surface area contributed by atoms with Gasteiger partial charge in [-0.05, 0) is 55.7 Å². The van der Waals surface area contributed by atoms with Crippen LogP contribution in [0.3, 0.4) is 0 Å². The van der Waals surface area contributed by atoms with E-state index in [1.54, 1.807) is 11.0 Å². The van der Waals surface area contributed by atoms with E-state index >= 15 is 0 Å². The Morgan fingerprint density at radius 3 is 2.61 bits per heavy atom. The normalized spacial score (nSPS) is 14.8. The van der Waals surface area contributed by atoms with Crippen molar-refractivity contribution >= 4 is 17.5 Å². The fourth-order valence-corrected chi connectivity index (χ4v) is 4.27. The van der Waals surface area contributed by atoms with Crippen molar-refractivity contribution in [2.75, 3.05) is 4.90 Å². The monoisotopic (exact) mass is 450 g/mol. The lowest BCUT2D eigenvalue weighted by Crippen LogP contribution is -2.52. The van der Waals surface area contributed by atoms with Gasteiger partial charge < -0.3 is 9.73 Å². The summed E-state index contributed by atoms with van der Waals surface area (Å²) >= 11 is 0.